The Labute approximate surface area is 242 Å². The molecule has 0 saturated carbocycles. The zero-order valence-electron chi connectivity index (χ0n) is 22.3. The molecule has 7 nitrogen and oxygen atoms in total. The highest BCUT2D eigenvalue weighted by Gasteiger charge is 2.28. The van der Waals surface area contributed by atoms with Crippen LogP contribution in [0.2, 0.25) is 0 Å². The summed E-state index contributed by atoms with van der Waals surface area (Å²) in [5.41, 5.74) is 10.2. The lowest BCUT2D eigenvalue weighted by Crippen LogP contribution is -2.41. The topological polar surface area (TPSA) is 114 Å². The first kappa shape index (κ1) is 27.4. The number of furan rings is 1. The summed E-state index contributed by atoms with van der Waals surface area (Å²) >= 11 is 1.61. The predicted molar refractivity (Wildman–Crippen MR) is 164 cm³/mol. The van der Waals surface area contributed by atoms with Gasteiger partial charge in [-0.05, 0) is 78.6 Å². The van der Waals surface area contributed by atoms with E-state index in [-0.39, 0.29) is 10.7 Å². The molecule has 0 aliphatic carbocycles. The highest BCUT2D eigenvalue weighted by atomic mass is 32.2. The highest BCUT2D eigenvalue weighted by Crippen LogP contribution is 2.42. The maximum absolute atomic E-state index is 12.7. The van der Waals surface area contributed by atoms with Crippen LogP contribution in [-0.4, -0.2) is 42.8 Å². The number of hydrogen-bond donors (Lipinski definition) is 2. The molecule has 1 saturated heterocycles. The van der Waals surface area contributed by atoms with Gasteiger partial charge in [-0.1, -0.05) is 42.8 Å². The van der Waals surface area contributed by atoms with Crippen molar-refractivity contribution < 1.29 is 22.2 Å². The first-order chi connectivity index (χ1) is 19.8. The summed E-state index contributed by atoms with van der Waals surface area (Å²) < 4.78 is 36.7. The van der Waals surface area contributed by atoms with Crippen molar-refractivity contribution in [3.63, 3.8) is 0 Å². The zero-order valence-corrected chi connectivity index (χ0v) is 24.0. The average molecular weight is 587 g/mol. The van der Waals surface area contributed by atoms with Crippen LogP contribution in [0.5, 0.6) is 0 Å². The number of hydrogen-bond acceptors (Lipinski definition) is 7. The summed E-state index contributed by atoms with van der Waals surface area (Å²) in [7, 11) is -4.09. The minimum absolute atomic E-state index is 0.0162. The molecule has 4 heterocycles. The number of ketones is 1. The number of anilines is 1. The van der Waals surface area contributed by atoms with Crippen LogP contribution in [0.15, 0.2) is 94.6 Å². The quantitative estimate of drug-likeness (QED) is 0.172. The lowest BCUT2D eigenvalue weighted by molar-refractivity contribution is 0.103. The number of benzene rings is 3. The molecular weight excluding hydrogens is 556 g/mol. The van der Waals surface area contributed by atoms with Gasteiger partial charge in [0.25, 0.3) is 10.1 Å². The average Bonchev–Trinajstić information content (AvgIpc) is 3.63. The van der Waals surface area contributed by atoms with Gasteiger partial charge in [0.1, 0.15) is 6.26 Å². The van der Waals surface area contributed by atoms with Crippen molar-refractivity contribution in [2.45, 2.75) is 36.6 Å². The monoisotopic (exact) mass is 586 g/mol. The number of nitrogens with zero attached hydrogens (tertiary/aromatic N) is 1. The molecule has 1 atom stereocenters. The minimum Gasteiger partial charge on any atom is -0.472 e. The first-order valence-electron chi connectivity index (χ1n) is 13.6. The van der Waals surface area contributed by atoms with E-state index in [0.29, 0.717) is 17.2 Å². The molecule has 0 bridgehead atoms. The lowest BCUT2D eigenvalue weighted by Gasteiger charge is -2.38. The number of rotatable bonds is 4. The van der Waals surface area contributed by atoms with Gasteiger partial charge in [-0.25, -0.2) is 0 Å². The van der Waals surface area contributed by atoms with Gasteiger partial charge in [0.15, 0.2) is 5.78 Å². The van der Waals surface area contributed by atoms with Crippen molar-refractivity contribution in [3.8, 4) is 0 Å². The minimum atomic E-state index is -4.09. The van der Waals surface area contributed by atoms with Crippen molar-refractivity contribution in [2.75, 3.05) is 18.8 Å². The van der Waals surface area contributed by atoms with Crippen molar-refractivity contribution in [1.29, 1.82) is 0 Å². The van der Waals surface area contributed by atoms with Gasteiger partial charge in [-0.15, -0.1) is 11.3 Å². The normalized spacial score (nSPS) is 17.5. The summed E-state index contributed by atoms with van der Waals surface area (Å²) in [6.07, 6.45) is 10.3. The highest BCUT2D eigenvalue weighted by molar-refractivity contribution is 7.85. The molecule has 2 aliphatic rings. The second-order valence-electron chi connectivity index (χ2n) is 10.5. The van der Waals surface area contributed by atoms with Crippen molar-refractivity contribution in [1.82, 2.24) is 4.90 Å². The fourth-order valence-corrected chi connectivity index (χ4v) is 7.28. The SMILES string of the molecule is Nc1sc2ccc(C(=O)c3ccoc3)cc2c1C1=CCN2CCCCC2C1.O=S(=O)(O)c1ccc2ccccc2c1. The molecule has 1 unspecified atom stereocenters. The van der Waals surface area contributed by atoms with E-state index in [9.17, 15) is 13.2 Å². The molecule has 2 aromatic heterocycles. The zero-order chi connectivity index (χ0) is 28.6. The molecule has 7 rings (SSSR count). The molecule has 9 heteroatoms. The van der Waals surface area contributed by atoms with Crippen LogP contribution in [0.4, 0.5) is 5.00 Å². The van der Waals surface area contributed by atoms with Crippen LogP contribution in [0, 0.1) is 0 Å². The van der Waals surface area contributed by atoms with Gasteiger partial charge in [0, 0.05) is 33.8 Å². The van der Waals surface area contributed by atoms with Gasteiger partial charge >= 0.3 is 0 Å². The van der Waals surface area contributed by atoms with E-state index >= 15 is 0 Å². The van der Waals surface area contributed by atoms with Crippen LogP contribution in [0.1, 0.15) is 47.2 Å². The third-order valence-corrected chi connectivity index (χ3v) is 9.73. The predicted octanol–water partition coefficient (Wildman–Crippen LogP) is 7.04. The van der Waals surface area contributed by atoms with Crippen LogP contribution < -0.4 is 5.73 Å². The molecule has 3 N–H and O–H groups in total. The van der Waals surface area contributed by atoms with Crippen molar-refractivity contribution >= 4 is 58.7 Å². The van der Waals surface area contributed by atoms with Crippen LogP contribution in [0.3, 0.4) is 0 Å². The Hall–Kier alpha value is -3.76. The fourth-order valence-electron chi connectivity index (χ4n) is 5.78. The molecule has 1 fully saturated rings. The second-order valence-corrected chi connectivity index (χ2v) is 13.0. The molecule has 0 spiro atoms. The van der Waals surface area contributed by atoms with E-state index in [1.807, 2.05) is 36.4 Å². The van der Waals surface area contributed by atoms with Crippen molar-refractivity contribution in [3.05, 3.63) is 102 Å². The Kier molecular flexibility index (Phi) is 7.52. The molecule has 0 amide bonds. The number of nitrogens with two attached hydrogens (primary N) is 1. The van der Waals surface area contributed by atoms with Gasteiger partial charge < -0.3 is 10.2 Å². The molecule has 0 radical (unpaired) electrons. The number of piperidine rings is 1. The van der Waals surface area contributed by atoms with E-state index in [0.717, 1.165) is 44.4 Å². The summed E-state index contributed by atoms with van der Waals surface area (Å²) in [4.78, 5) is 15.2. The standard InChI is InChI=1S/C22H22N2O2S.C10H8O3S/c23-22-20(14-6-9-24-8-2-1-3-17(24)11-14)18-12-15(4-5-19(18)27-22)21(25)16-7-10-26-13-16;11-14(12,13)10-6-5-8-3-1-2-4-9(8)7-10/h4-7,10,12-13,17H,1-3,8-9,11,23H2;1-7H,(H,11,12,13). The number of carbonyl (C=O) groups excluding carboxylic acids is 1. The van der Waals surface area contributed by atoms with Gasteiger partial charge in [-0.3, -0.25) is 14.2 Å². The van der Waals surface area contributed by atoms with Crippen molar-refractivity contribution in [2.24, 2.45) is 0 Å². The van der Waals surface area contributed by atoms with Crippen LogP contribution in [0.25, 0.3) is 26.4 Å². The smallest absolute Gasteiger partial charge is 0.294 e. The van der Waals surface area contributed by atoms with Gasteiger partial charge in [0.05, 0.1) is 21.7 Å². The Balaban J connectivity index is 0.000000182. The number of carbonyl (C=O) groups is 1. The molecule has 3 aromatic carbocycles. The Bertz CT molecular complexity index is 1870. The van der Waals surface area contributed by atoms with Gasteiger partial charge in [0.2, 0.25) is 0 Å². The summed E-state index contributed by atoms with van der Waals surface area (Å²) in [5, 5.41) is 3.69. The number of thiophene rings is 1. The molecule has 5 aromatic rings. The third-order valence-electron chi connectivity index (χ3n) is 7.88. The van der Waals surface area contributed by atoms with E-state index in [2.05, 4.69) is 11.0 Å². The first-order valence-corrected chi connectivity index (χ1v) is 15.8. The summed E-state index contributed by atoms with van der Waals surface area (Å²) in [6, 6.07) is 20.1. The Morgan fingerprint density at radius 1 is 1.00 bits per heavy atom. The second kappa shape index (κ2) is 11.3. The third kappa shape index (κ3) is 5.71. The molecule has 210 valence electrons. The van der Waals surface area contributed by atoms with Crippen LogP contribution >= 0.6 is 11.3 Å². The fraction of sp³-hybridized carbons (Fsp3) is 0.219. The molecule has 41 heavy (non-hydrogen) atoms. The number of nitrogen functional groups attached to an aromatic ring is 1. The van der Waals surface area contributed by atoms with Crippen LogP contribution in [-0.2, 0) is 10.1 Å². The summed E-state index contributed by atoms with van der Waals surface area (Å²) in [6.45, 7) is 2.21. The Morgan fingerprint density at radius 2 is 1.83 bits per heavy atom. The van der Waals surface area contributed by atoms with Gasteiger partial charge in [-0.2, -0.15) is 8.42 Å². The lowest BCUT2D eigenvalue weighted by atomic mass is 9.88. The molecular formula is C32H30N2O5S2. The largest absolute Gasteiger partial charge is 0.472 e. The summed E-state index contributed by atoms with van der Waals surface area (Å²) in [5.74, 6) is -0.0162. The van der Waals surface area contributed by atoms with E-state index in [1.54, 1.807) is 29.5 Å². The number of fused-ring (bicyclic) bond motifs is 3. The Morgan fingerprint density at radius 3 is 2.61 bits per heavy atom. The maximum atomic E-state index is 12.7. The van der Waals surface area contributed by atoms with E-state index in [4.69, 9.17) is 14.7 Å². The van der Waals surface area contributed by atoms with E-state index in [1.165, 1.54) is 56.0 Å². The maximum Gasteiger partial charge on any atom is 0.294 e. The molecule has 2 aliphatic heterocycles. The van der Waals surface area contributed by atoms with E-state index < -0.39 is 10.1 Å².